The van der Waals surface area contributed by atoms with E-state index in [9.17, 15) is 4.79 Å². The van der Waals surface area contributed by atoms with Crippen LogP contribution in [-0.4, -0.2) is 43.8 Å². The Morgan fingerprint density at radius 1 is 1.14 bits per heavy atom. The topological polar surface area (TPSA) is 106 Å². The molecule has 1 saturated heterocycles. The lowest BCUT2D eigenvalue weighted by atomic mass is 9.98. The molecular weight excluding hydrogens is 444 g/mol. The second-order valence-corrected chi connectivity index (χ2v) is 9.63. The Labute approximate surface area is 206 Å². The monoisotopic (exact) mass is 478 g/mol. The molecule has 2 aromatic rings. The molecule has 1 N–H and O–H groups in total. The summed E-state index contributed by atoms with van der Waals surface area (Å²) in [7, 11) is 0. The fourth-order valence-electron chi connectivity index (χ4n) is 5.09. The number of nitrogens with zero attached hydrogens (tertiary/aromatic N) is 3. The van der Waals surface area contributed by atoms with Gasteiger partial charge in [-0.05, 0) is 59.9 Å². The standard InChI is InChI=1S/C27H34N4O4/c1-17(2)26(24(15-29-31-28)35-25-14-8-9-18(3)34-25)30-27(32)33-16-23-21-12-6-4-10-19(21)20-11-5-7-13-22(20)23/h4-7,10-13,17-18,23-26H,8-9,14-16H2,1-3H3,(H,30,32)/t18?,24?,25?,26-/m0/s1. The van der Waals surface area contributed by atoms with Gasteiger partial charge in [-0.2, -0.15) is 0 Å². The molecule has 0 aromatic heterocycles. The highest BCUT2D eigenvalue weighted by Crippen LogP contribution is 2.44. The maximum atomic E-state index is 12.9. The summed E-state index contributed by atoms with van der Waals surface area (Å²) in [5, 5.41) is 6.71. The molecule has 0 spiro atoms. The molecule has 1 fully saturated rings. The van der Waals surface area contributed by atoms with E-state index in [4.69, 9.17) is 19.7 Å². The molecule has 4 atom stereocenters. The molecular formula is C27H34N4O4. The second-order valence-electron chi connectivity index (χ2n) is 9.63. The third-order valence-electron chi connectivity index (χ3n) is 6.83. The number of hydrogen-bond acceptors (Lipinski definition) is 5. The number of alkyl carbamates (subject to hydrolysis) is 1. The predicted molar refractivity (Wildman–Crippen MR) is 134 cm³/mol. The van der Waals surface area contributed by atoms with Gasteiger partial charge < -0.3 is 19.5 Å². The first-order valence-corrected chi connectivity index (χ1v) is 12.4. The van der Waals surface area contributed by atoms with Crippen LogP contribution < -0.4 is 5.32 Å². The molecule has 2 aromatic carbocycles. The zero-order valence-corrected chi connectivity index (χ0v) is 20.6. The van der Waals surface area contributed by atoms with Gasteiger partial charge in [0.05, 0.1) is 24.8 Å². The smallest absolute Gasteiger partial charge is 0.407 e. The average Bonchev–Trinajstić information content (AvgIpc) is 3.17. The van der Waals surface area contributed by atoms with Gasteiger partial charge in [-0.1, -0.05) is 67.5 Å². The van der Waals surface area contributed by atoms with Crippen molar-refractivity contribution >= 4 is 6.09 Å². The van der Waals surface area contributed by atoms with Gasteiger partial charge in [-0.15, -0.1) is 0 Å². The van der Waals surface area contributed by atoms with Crippen molar-refractivity contribution < 1.29 is 19.0 Å². The van der Waals surface area contributed by atoms with E-state index in [0.29, 0.717) is 0 Å². The minimum atomic E-state index is -0.526. The van der Waals surface area contributed by atoms with Gasteiger partial charge in [0, 0.05) is 10.8 Å². The minimum Gasteiger partial charge on any atom is -0.449 e. The lowest BCUT2D eigenvalue weighted by Crippen LogP contribution is -2.51. The lowest BCUT2D eigenvalue weighted by Gasteiger charge is -2.35. The van der Waals surface area contributed by atoms with E-state index in [1.54, 1.807) is 0 Å². The Morgan fingerprint density at radius 2 is 1.80 bits per heavy atom. The zero-order valence-electron chi connectivity index (χ0n) is 20.6. The quantitative estimate of drug-likeness (QED) is 0.265. The SMILES string of the molecule is CC1CCCC(OC(CN=[N+]=[N-])[C@@H](NC(=O)OCC2c3ccccc3-c3ccccc32)C(C)C)O1. The van der Waals surface area contributed by atoms with Gasteiger partial charge in [-0.3, -0.25) is 0 Å². The second kappa shape index (κ2) is 11.6. The highest BCUT2D eigenvalue weighted by atomic mass is 16.7. The summed E-state index contributed by atoms with van der Waals surface area (Å²) < 4.78 is 17.9. The zero-order chi connectivity index (χ0) is 24.8. The van der Waals surface area contributed by atoms with Crippen LogP contribution >= 0.6 is 0 Å². The Kier molecular flexibility index (Phi) is 8.29. The van der Waals surface area contributed by atoms with Gasteiger partial charge in [0.25, 0.3) is 0 Å². The first-order valence-electron chi connectivity index (χ1n) is 12.4. The summed E-state index contributed by atoms with van der Waals surface area (Å²) in [6.07, 6.45) is 1.45. The first-order chi connectivity index (χ1) is 17.0. The van der Waals surface area contributed by atoms with Crippen LogP contribution in [0.1, 0.15) is 57.1 Å². The third-order valence-corrected chi connectivity index (χ3v) is 6.83. The Morgan fingerprint density at radius 3 is 2.40 bits per heavy atom. The normalized spacial score (nSPS) is 20.9. The summed E-state index contributed by atoms with van der Waals surface area (Å²) in [6, 6.07) is 16.1. The number of carbonyl (C=O) groups excluding carboxylic acids is 1. The van der Waals surface area contributed by atoms with Crippen LogP contribution in [0.4, 0.5) is 4.79 Å². The van der Waals surface area contributed by atoms with Crippen molar-refractivity contribution in [3.05, 3.63) is 70.1 Å². The molecule has 186 valence electrons. The van der Waals surface area contributed by atoms with Gasteiger partial charge in [0.1, 0.15) is 6.61 Å². The molecule has 1 aliphatic heterocycles. The van der Waals surface area contributed by atoms with Crippen LogP contribution in [0.25, 0.3) is 21.6 Å². The number of azide groups is 1. The van der Waals surface area contributed by atoms with Crippen molar-refractivity contribution in [2.45, 2.75) is 70.5 Å². The number of benzene rings is 2. The van der Waals surface area contributed by atoms with Crippen molar-refractivity contribution in [3.8, 4) is 11.1 Å². The molecule has 1 aliphatic carbocycles. The van der Waals surface area contributed by atoms with E-state index >= 15 is 0 Å². The van der Waals surface area contributed by atoms with Gasteiger partial charge >= 0.3 is 6.09 Å². The van der Waals surface area contributed by atoms with E-state index in [1.807, 2.05) is 45.0 Å². The van der Waals surface area contributed by atoms with E-state index in [2.05, 4.69) is 39.6 Å². The fraction of sp³-hybridized carbons (Fsp3) is 0.519. The van der Waals surface area contributed by atoms with Crippen LogP contribution in [0.2, 0.25) is 0 Å². The molecule has 2 aliphatic rings. The van der Waals surface area contributed by atoms with Gasteiger partial charge in [0.2, 0.25) is 0 Å². The average molecular weight is 479 g/mol. The Balaban J connectivity index is 1.43. The number of ether oxygens (including phenoxy) is 3. The number of nitrogens with one attached hydrogen (secondary N) is 1. The van der Waals surface area contributed by atoms with Crippen LogP contribution in [0.3, 0.4) is 0 Å². The number of rotatable bonds is 9. The van der Waals surface area contributed by atoms with Crippen molar-refractivity contribution in [1.82, 2.24) is 5.32 Å². The van der Waals surface area contributed by atoms with E-state index in [-0.39, 0.29) is 37.4 Å². The summed E-state index contributed by atoms with van der Waals surface area (Å²) >= 11 is 0. The number of amides is 1. The first kappa shape index (κ1) is 25.0. The molecule has 0 bridgehead atoms. The molecule has 35 heavy (non-hydrogen) atoms. The Hall–Kier alpha value is -3.06. The highest BCUT2D eigenvalue weighted by molar-refractivity contribution is 5.79. The van der Waals surface area contributed by atoms with E-state index in [1.165, 1.54) is 11.1 Å². The fourth-order valence-corrected chi connectivity index (χ4v) is 5.09. The lowest BCUT2D eigenvalue weighted by molar-refractivity contribution is -0.215. The number of fused-ring (bicyclic) bond motifs is 3. The molecule has 0 radical (unpaired) electrons. The Bertz CT molecular complexity index is 1020. The van der Waals surface area contributed by atoms with Crippen LogP contribution in [0.15, 0.2) is 53.6 Å². The molecule has 8 nitrogen and oxygen atoms in total. The van der Waals surface area contributed by atoms with Crippen LogP contribution in [0.5, 0.6) is 0 Å². The largest absolute Gasteiger partial charge is 0.449 e. The van der Waals surface area contributed by atoms with Crippen molar-refractivity contribution in [2.75, 3.05) is 13.2 Å². The molecule has 0 saturated carbocycles. The number of carbonyl (C=O) groups is 1. The predicted octanol–water partition coefficient (Wildman–Crippen LogP) is 6.16. The molecule has 1 heterocycles. The van der Waals surface area contributed by atoms with Crippen molar-refractivity contribution in [1.29, 1.82) is 0 Å². The highest BCUT2D eigenvalue weighted by Gasteiger charge is 2.33. The summed E-state index contributed by atoms with van der Waals surface area (Å²) in [5.41, 5.74) is 13.6. The molecule has 3 unspecified atom stereocenters. The maximum Gasteiger partial charge on any atom is 0.407 e. The summed E-state index contributed by atoms with van der Waals surface area (Å²) in [5.74, 6) is 0.00778. The van der Waals surface area contributed by atoms with Crippen LogP contribution in [-0.2, 0) is 14.2 Å². The summed E-state index contributed by atoms with van der Waals surface area (Å²) in [4.78, 5) is 15.8. The van der Waals surface area contributed by atoms with E-state index in [0.717, 1.165) is 30.4 Å². The molecule has 8 heteroatoms. The number of hydrogen-bond donors (Lipinski definition) is 1. The third kappa shape index (κ3) is 5.96. The van der Waals surface area contributed by atoms with Crippen molar-refractivity contribution in [2.24, 2.45) is 11.0 Å². The molecule has 4 rings (SSSR count). The van der Waals surface area contributed by atoms with Gasteiger partial charge in [-0.25, -0.2) is 4.79 Å². The van der Waals surface area contributed by atoms with E-state index < -0.39 is 18.2 Å². The molecule has 1 amide bonds. The minimum absolute atomic E-state index is 0.0157. The summed E-state index contributed by atoms with van der Waals surface area (Å²) in [6.45, 7) is 6.33. The van der Waals surface area contributed by atoms with Crippen LogP contribution in [0, 0.1) is 5.92 Å². The van der Waals surface area contributed by atoms with Gasteiger partial charge in [0.15, 0.2) is 6.29 Å². The van der Waals surface area contributed by atoms with Crippen molar-refractivity contribution in [3.63, 3.8) is 0 Å². The maximum absolute atomic E-state index is 12.9.